The predicted molar refractivity (Wildman–Crippen MR) is 74.3 cm³/mol. The van der Waals surface area contributed by atoms with Gasteiger partial charge in [-0.05, 0) is 53.4 Å². The van der Waals surface area contributed by atoms with Crippen molar-refractivity contribution in [2.24, 2.45) is 0 Å². The summed E-state index contributed by atoms with van der Waals surface area (Å²) in [7, 11) is 0.430. The van der Waals surface area contributed by atoms with E-state index >= 15 is 0 Å². The summed E-state index contributed by atoms with van der Waals surface area (Å²) < 4.78 is 12.2. The summed E-state index contributed by atoms with van der Waals surface area (Å²) in [5, 5.41) is 0. The lowest BCUT2D eigenvalue weighted by Crippen LogP contribution is -2.30. The van der Waals surface area contributed by atoms with E-state index < -0.39 is 25.0 Å². The Morgan fingerprint density at radius 3 is 1.40 bits per heavy atom. The molecule has 92 valence electrons. The summed E-state index contributed by atoms with van der Waals surface area (Å²) in [5.41, 5.74) is 0. The van der Waals surface area contributed by atoms with Crippen LogP contribution in [0, 0.1) is 0 Å². The van der Waals surface area contributed by atoms with Crippen molar-refractivity contribution in [2.45, 2.75) is 39.3 Å². The predicted octanol–water partition coefficient (Wildman–Crippen LogP) is 3.52. The van der Waals surface area contributed by atoms with Gasteiger partial charge in [0.1, 0.15) is 0 Å². The Kier molecular flexibility index (Phi) is 6.18. The Hall–Kier alpha value is 0.744. The van der Waals surface area contributed by atoms with Gasteiger partial charge in [0, 0.05) is 0 Å². The van der Waals surface area contributed by atoms with E-state index in [2.05, 4.69) is 58.3 Å². The van der Waals surface area contributed by atoms with Gasteiger partial charge in [0.2, 0.25) is 0 Å². The third kappa shape index (κ3) is 11.0. The van der Waals surface area contributed by atoms with Gasteiger partial charge in [-0.25, -0.2) is 0 Å². The first-order chi connectivity index (χ1) is 6.49. The number of hydrogen-bond donors (Lipinski definition) is 0. The van der Waals surface area contributed by atoms with Crippen LogP contribution in [0.5, 0.6) is 0 Å². The highest BCUT2D eigenvalue weighted by atomic mass is 31.2. The third-order valence-electron chi connectivity index (χ3n) is 1.15. The smallest absolute Gasteiger partial charge is 0.191 e. The topological polar surface area (TPSA) is 21.7 Å². The van der Waals surface area contributed by atoms with Crippen LogP contribution in [0.3, 0.4) is 0 Å². The molecule has 0 unspecified atom stereocenters. The molecule has 0 bridgehead atoms. The normalized spacial score (nSPS) is 14.0. The van der Waals surface area contributed by atoms with Crippen molar-refractivity contribution in [2.75, 3.05) is 20.4 Å². The minimum Gasteiger partial charge on any atom is -0.375 e. The fraction of sp³-hybridized carbons (Fsp3) is 1.00. The summed E-state index contributed by atoms with van der Waals surface area (Å²) in [5.74, 6) is 0. The molecule has 0 aliphatic rings. The second kappa shape index (κ2) is 5.89. The van der Waals surface area contributed by atoms with E-state index in [9.17, 15) is 0 Å². The van der Waals surface area contributed by atoms with Gasteiger partial charge in [0.15, 0.2) is 25.0 Å². The van der Waals surface area contributed by atoms with Crippen molar-refractivity contribution in [1.29, 1.82) is 0 Å². The van der Waals surface area contributed by atoms with E-state index in [-0.39, 0.29) is 0 Å². The molecule has 0 saturated carbocycles. The molecule has 15 heavy (non-hydrogen) atoms. The average molecular weight is 267 g/mol. The van der Waals surface area contributed by atoms with Crippen LogP contribution >= 0.6 is 8.38 Å². The average Bonchev–Trinajstić information content (AvgIpc) is 1.73. The first-order valence-corrected chi connectivity index (χ1v) is 13.5. The molecular formula is C9H26NO2PSi2. The fourth-order valence-electron chi connectivity index (χ4n) is 0.918. The Bertz CT molecular complexity index is 174. The van der Waals surface area contributed by atoms with Crippen LogP contribution in [0.4, 0.5) is 0 Å². The van der Waals surface area contributed by atoms with Gasteiger partial charge in [-0.3, -0.25) is 0 Å². The van der Waals surface area contributed by atoms with Gasteiger partial charge in [-0.1, -0.05) is 0 Å². The van der Waals surface area contributed by atoms with E-state index in [1.807, 2.05) is 0 Å². The Balaban J connectivity index is 4.32. The van der Waals surface area contributed by atoms with Gasteiger partial charge < -0.3 is 13.3 Å². The van der Waals surface area contributed by atoms with E-state index in [4.69, 9.17) is 8.43 Å². The highest BCUT2D eigenvalue weighted by Gasteiger charge is 2.27. The molecule has 0 aliphatic heterocycles. The molecule has 0 aliphatic carbocycles. The molecule has 6 heteroatoms. The molecule has 0 rings (SSSR count). The Labute approximate surface area is 98.3 Å². The summed E-state index contributed by atoms with van der Waals surface area (Å²) in [6.45, 7) is 13.3. The van der Waals surface area contributed by atoms with Gasteiger partial charge >= 0.3 is 0 Å². The van der Waals surface area contributed by atoms with E-state index in [1.54, 1.807) is 0 Å². The fourth-order valence-corrected chi connectivity index (χ4v) is 7.21. The van der Waals surface area contributed by atoms with Gasteiger partial charge in [0.25, 0.3) is 0 Å². The molecule has 0 atom stereocenters. The molecule has 0 aromatic heterocycles. The van der Waals surface area contributed by atoms with Crippen LogP contribution in [0.25, 0.3) is 0 Å². The zero-order chi connectivity index (χ0) is 12.3. The van der Waals surface area contributed by atoms with E-state index in [1.165, 1.54) is 0 Å². The lowest BCUT2D eigenvalue weighted by atomic mass is 11.0. The van der Waals surface area contributed by atoms with E-state index in [0.29, 0.717) is 0 Å². The maximum absolute atomic E-state index is 6.10. The molecule has 3 nitrogen and oxygen atoms in total. The number of hydrogen-bond acceptors (Lipinski definition) is 3. The molecule has 0 aromatic carbocycles. The van der Waals surface area contributed by atoms with E-state index in [0.717, 1.165) is 6.29 Å². The SMILES string of the molecule is CN(C)CP(O[Si](C)(C)C)O[Si](C)(C)C. The maximum atomic E-state index is 6.10. The summed E-state index contributed by atoms with van der Waals surface area (Å²) >= 11 is 0. The number of nitrogens with zero attached hydrogens (tertiary/aromatic N) is 1. The first kappa shape index (κ1) is 15.7. The lowest BCUT2D eigenvalue weighted by Gasteiger charge is -2.31. The maximum Gasteiger partial charge on any atom is 0.191 e. The Morgan fingerprint density at radius 1 is 0.867 bits per heavy atom. The van der Waals surface area contributed by atoms with Crippen LogP contribution in [0.2, 0.25) is 39.3 Å². The summed E-state index contributed by atoms with van der Waals surface area (Å²) in [6, 6.07) is 0. The van der Waals surface area contributed by atoms with Gasteiger partial charge in [-0.2, -0.15) is 0 Å². The largest absolute Gasteiger partial charge is 0.375 e. The van der Waals surface area contributed by atoms with Crippen LogP contribution in [-0.4, -0.2) is 41.9 Å². The lowest BCUT2D eigenvalue weighted by molar-refractivity contribution is 0.418. The zero-order valence-electron chi connectivity index (χ0n) is 11.4. The van der Waals surface area contributed by atoms with Crippen LogP contribution in [0.15, 0.2) is 0 Å². The summed E-state index contributed by atoms with van der Waals surface area (Å²) in [4.78, 5) is 2.14. The second-order valence-corrected chi connectivity index (χ2v) is 16.8. The van der Waals surface area contributed by atoms with Crippen molar-refractivity contribution < 1.29 is 8.43 Å². The summed E-state index contributed by atoms with van der Waals surface area (Å²) in [6.07, 6.45) is 0.907. The molecule has 0 N–H and O–H groups in total. The minimum absolute atomic E-state index is 0.727. The molecule has 0 radical (unpaired) electrons. The van der Waals surface area contributed by atoms with Crippen molar-refractivity contribution in [3.8, 4) is 0 Å². The van der Waals surface area contributed by atoms with Gasteiger partial charge in [0.05, 0.1) is 6.29 Å². The molecule has 0 aromatic rings. The van der Waals surface area contributed by atoms with Crippen molar-refractivity contribution in [3.05, 3.63) is 0 Å². The monoisotopic (exact) mass is 267 g/mol. The quantitative estimate of drug-likeness (QED) is 0.543. The molecule has 0 fully saturated rings. The molecule has 0 amide bonds. The second-order valence-electron chi connectivity index (χ2n) is 5.96. The van der Waals surface area contributed by atoms with Crippen molar-refractivity contribution in [3.63, 3.8) is 0 Å². The van der Waals surface area contributed by atoms with Crippen molar-refractivity contribution >= 4 is 25.0 Å². The third-order valence-corrected chi connectivity index (χ3v) is 7.96. The van der Waals surface area contributed by atoms with Gasteiger partial charge in [-0.15, -0.1) is 0 Å². The highest BCUT2D eigenvalue weighted by molar-refractivity contribution is 7.50. The molecule has 0 spiro atoms. The molecule has 0 heterocycles. The van der Waals surface area contributed by atoms with Crippen molar-refractivity contribution in [1.82, 2.24) is 4.90 Å². The molecule has 0 saturated heterocycles. The van der Waals surface area contributed by atoms with Crippen LogP contribution in [0.1, 0.15) is 0 Å². The molecular weight excluding hydrogens is 241 g/mol. The number of rotatable bonds is 6. The van der Waals surface area contributed by atoms with Crippen LogP contribution < -0.4 is 0 Å². The first-order valence-electron chi connectivity index (χ1n) is 5.30. The highest BCUT2D eigenvalue weighted by Crippen LogP contribution is 2.44. The zero-order valence-corrected chi connectivity index (χ0v) is 14.3. The standard InChI is InChI=1S/C9H26NO2PSi2/c1-10(2)9-13(11-14(3,4)5)12-15(6,7)8/h9H2,1-8H3. The van der Waals surface area contributed by atoms with Crippen LogP contribution in [-0.2, 0) is 8.43 Å². The Morgan fingerprint density at radius 2 is 1.20 bits per heavy atom. The minimum atomic E-state index is -1.49.